The summed E-state index contributed by atoms with van der Waals surface area (Å²) >= 11 is 16.2. The van der Waals surface area contributed by atoms with Gasteiger partial charge in [-0.05, 0) is 57.9 Å². The number of allylic oxidation sites excluding steroid dienone is 2. The average Bonchev–Trinajstić information content (AvgIpc) is 2.89. The van der Waals surface area contributed by atoms with Gasteiger partial charge in [-0.1, -0.05) is 47.7 Å². The number of thioether (sulfide) groups is 1. The molecule has 1 fully saturated rings. The number of para-hydroxylation sites is 1. The molecule has 1 heterocycles. The molecule has 0 bridgehead atoms. The molecule has 0 saturated carbocycles. The Morgan fingerprint density at radius 1 is 1.22 bits per heavy atom. The quantitative estimate of drug-likeness (QED) is 0.236. The second-order valence-corrected chi connectivity index (χ2v) is 8.31. The Kier molecular flexibility index (Phi) is 6.11. The highest BCUT2D eigenvalue weighted by atomic mass is 79.9. The van der Waals surface area contributed by atoms with E-state index in [0.29, 0.717) is 25.5 Å². The zero-order valence-electron chi connectivity index (χ0n) is 13.5. The zero-order valence-corrected chi connectivity index (χ0v) is 17.4. The van der Waals surface area contributed by atoms with Crippen LogP contribution in [0.25, 0.3) is 6.08 Å². The highest BCUT2D eigenvalue weighted by Gasteiger charge is 2.34. The third-order valence-corrected chi connectivity index (χ3v) is 5.76. The van der Waals surface area contributed by atoms with E-state index in [1.54, 1.807) is 30.4 Å². The number of benzene rings is 2. The smallest absolute Gasteiger partial charge is 0.268 e. The fraction of sp³-hybridized carbons (Fsp3) is 0. The minimum absolute atomic E-state index is 0.00224. The first-order valence-electron chi connectivity index (χ1n) is 7.51. The lowest BCUT2D eigenvalue weighted by atomic mass is 10.2. The first kappa shape index (κ1) is 19.8. The standard InChI is InChI=1S/C18H10BrClN2O3S2/c19-14-3-1-2-4-15(14)21-17(23)16(27-18(21)26)10-12(20)9-11-5-7-13(8-6-11)22(24)25/h1-10H. The van der Waals surface area contributed by atoms with Crippen molar-refractivity contribution in [3.8, 4) is 0 Å². The molecule has 1 saturated heterocycles. The molecular formula is C18H10BrClN2O3S2. The molecule has 0 unspecified atom stereocenters. The predicted molar refractivity (Wildman–Crippen MR) is 117 cm³/mol. The van der Waals surface area contributed by atoms with Gasteiger partial charge in [0.2, 0.25) is 0 Å². The van der Waals surface area contributed by atoms with Gasteiger partial charge in [0.15, 0.2) is 4.32 Å². The molecule has 136 valence electrons. The van der Waals surface area contributed by atoms with Crippen LogP contribution in [0.5, 0.6) is 0 Å². The van der Waals surface area contributed by atoms with Crippen molar-refractivity contribution in [2.24, 2.45) is 0 Å². The Labute approximate surface area is 178 Å². The van der Waals surface area contributed by atoms with Crippen molar-refractivity contribution >= 4 is 79.2 Å². The third kappa shape index (κ3) is 4.47. The van der Waals surface area contributed by atoms with Crippen molar-refractivity contribution in [1.82, 2.24) is 0 Å². The maximum absolute atomic E-state index is 12.7. The van der Waals surface area contributed by atoms with Crippen LogP contribution in [0.2, 0.25) is 0 Å². The molecule has 0 radical (unpaired) electrons. The lowest BCUT2D eigenvalue weighted by Crippen LogP contribution is -2.27. The molecule has 0 N–H and O–H groups in total. The lowest BCUT2D eigenvalue weighted by Gasteiger charge is -2.15. The summed E-state index contributed by atoms with van der Waals surface area (Å²) in [5, 5.41) is 11.0. The molecule has 1 aliphatic rings. The minimum Gasteiger partial charge on any atom is -0.268 e. The summed E-state index contributed by atoms with van der Waals surface area (Å²) in [5.74, 6) is -0.257. The number of nitro benzene ring substituents is 1. The Hall–Kier alpha value is -2.00. The van der Waals surface area contributed by atoms with Crippen LogP contribution in [-0.4, -0.2) is 15.2 Å². The van der Waals surface area contributed by atoms with Gasteiger partial charge in [-0.2, -0.15) is 0 Å². The highest BCUT2D eigenvalue weighted by Crippen LogP contribution is 2.38. The number of nitro groups is 1. The van der Waals surface area contributed by atoms with Gasteiger partial charge in [0.05, 0.1) is 15.5 Å². The molecule has 0 aromatic heterocycles. The van der Waals surface area contributed by atoms with E-state index in [1.165, 1.54) is 17.0 Å². The summed E-state index contributed by atoms with van der Waals surface area (Å²) in [6.45, 7) is 0. The van der Waals surface area contributed by atoms with Crippen LogP contribution in [0.15, 0.2) is 69.0 Å². The average molecular weight is 482 g/mol. The number of thiocarbonyl (C=S) groups is 1. The Bertz CT molecular complexity index is 1010. The first-order valence-corrected chi connectivity index (χ1v) is 9.90. The summed E-state index contributed by atoms with van der Waals surface area (Å²) in [5.41, 5.74) is 1.35. The number of amides is 1. The molecule has 0 spiro atoms. The number of carbonyl (C=O) groups is 1. The zero-order chi connectivity index (χ0) is 19.6. The molecule has 2 aromatic rings. The van der Waals surface area contributed by atoms with Gasteiger partial charge >= 0.3 is 0 Å². The van der Waals surface area contributed by atoms with Crippen molar-refractivity contribution in [2.75, 3.05) is 4.90 Å². The van der Waals surface area contributed by atoms with Crippen molar-refractivity contribution in [1.29, 1.82) is 0 Å². The van der Waals surface area contributed by atoms with Gasteiger partial charge < -0.3 is 0 Å². The number of non-ortho nitro benzene ring substituents is 1. The van der Waals surface area contributed by atoms with Gasteiger partial charge in [-0.25, -0.2) is 0 Å². The summed E-state index contributed by atoms with van der Waals surface area (Å²) < 4.78 is 1.17. The highest BCUT2D eigenvalue weighted by molar-refractivity contribution is 9.10. The maximum atomic E-state index is 12.7. The topological polar surface area (TPSA) is 63.4 Å². The van der Waals surface area contributed by atoms with Gasteiger partial charge in [0.25, 0.3) is 11.6 Å². The van der Waals surface area contributed by atoms with Crippen LogP contribution in [-0.2, 0) is 4.79 Å². The van der Waals surface area contributed by atoms with Crippen molar-refractivity contribution in [3.63, 3.8) is 0 Å². The number of hydrogen-bond donors (Lipinski definition) is 0. The van der Waals surface area contributed by atoms with Crippen LogP contribution in [0.1, 0.15) is 5.56 Å². The van der Waals surface area contributed by atoms with Gasteiger partial charge in [0, 0.05) is 21.6 Å². The number of rotatable bonds is 4. The number of carbonyl (C=O) groups excluding carboxylic acids is 1. The Morgan fingerprint density at radius 2 is 1.89 bits per heavy atom. The van der Waals surface area contributed by atoms with E-state index in [0.717, 1.165) is 16.2 Å². The van der Waals surface area contributed by atoms with Crippen molar-refractivity contribution in [3.05, 3.63) is 84.7 Å². The Morgan fingerprint density at radius 3 is 2.52 bits per heavy atom. The predicted octanol–water partition coefficient (Wildman–Crippen LogP) is 5.89. The van der Waals surface area contributed by atoms with Crippen LogP contribution in [0.4, 0.5) is 11.4 Å². The molecule has 0 atom stereocenters. The summed E-state index contributed by atoms with van der Waals surface area (Å²) in [4.78, 5) is 24.8. The maximum Gasteiger partial charge on any atom is 0.270 e. The molecule has 3 rings (SSSR count). The SMILES string of the molecule is O=C1C(=CC(Cl)=Cc2ccc([N+](=O)[O-])cc2)SC(=S)N1c1ccccc1Br. The van der Waals surface area contributed by atoms with Gasteiger partial charge in [0.1, 0.15) is 0 Å². The van der Waals surface area contributed by atoms with E-state index in [-0.39, 0.29) is 11.6 Å². The lowest BCUT2D eigenvalue weighted by molar-refractivity contribution is -0.384. The van der Waals surface area contributed by atoms with Crippen molar-refractivity contribution < 1.29 is 9.72 Å². The minimum atomic E-state index is -0.470. The van der Waals surface area contributed by atoms with E-state index >= 15 is 0 Å². The van der Waals surface area contributed by atoms with Crippen LogP contribution in [0, 0.1) is 10.1 Å². The van der Waals surface area contributed by atoms with E-state index < -0.39 is 4.92 Å². The molecule has 1 aliphatic heterocycles. The van der Waals surface area contributed by atoms with Gasteiger partial charge in [-0.15, -0.1) is 0 Å². The second-order valence-electron chi connectivity index (χ2n) is 5.35. The van der Waals surface area contributed by atoms with E-state index in [2.05, 4.69) is 15.9 Å². The number of nitrogens with zero attached hydrogens (tertiary/aromatic N) is 2. The van der Waals surface area contributed by atoms with Crippen molar-refractivity contribution in [2.45, 2.75) is 0 Å². The van der Waals surface area contributed by atoms with Crippen LogP contribution >= 0.6 is 51.5 Å². The molecular weight excluding hydrogens is 472 g/mol. The third-order valence-electron chi connectivity index (χ3n) is 3.56. The number of hydrogen-bond acceptors (Lipinski definition) is 5. The van der Waals surface area contributed by atoms with E-state index in [1.807, 2.05) is 18.2 Å². The summed E-state index contributed by atoms with van der Waals surface area (Å²) in [6.07, 6.45) is 3.16. The monoisotopic (exact) mass is 480 g/mol. The molecule has 27 heavy (non-hydrogen) atoms. The largest absolute Gasteiger partial charge is 0.270 e. The Balaban J connectivity index is 1.84. The number of halogens is 2. The van der Waals surface area contributed by atoms with Crippen LogP contribution in [0.3, 0.4) is 0 Å². The van der Waals surface area contributed by atoms with Crippen LogP contribution < -0.4 is 4.90 Å². The molecule has 1 amide bonds. The fourth-order valence-electron chi connectivity index (χ4n) is 2.33. The first-order chi connectivity index (χ1) is 12.9. The molecule has 9 heteroatoms. The molecule has 0 aliphatic carbocycles. The van der Waals surface area contributed by atoms with E-state index in [4.69, 9.17) is 23.8 Å². The number of anilines is 1. The van der Waals surface area contributed by atoms with Gasteiger partial charge in [-0.3, -0.25) is 19.8 Å². The molecule has 5 nitrogen and oxygen atoms in total. The summed E-state index contributed by atoms with van der Waals surface area (Å²) in [6, 6.07) is 13.3. The summed E-state index contributed by atoms with van der Waals surface area (Å²) in [7, 11) is 0. The normalized spacial score (nSPS) is 16.3. The molecule has 2 aromatic carbocycles. The second kappa shape index (κ2) is 8.35. The van der Waals surface area contributed by atoms with E-state index in [9.17, 15) is 14.9 Å². The fourth-order valence-corrected chi connectivity index (χ4v) is 4.36.